The summed E-state index contributed by atoms with van der Waals surface area (Å²) >= 11 is 0. The second-order valence-corrected chi connectivity index (χ2v) is 4.71. The van der Waals surface area contributed by atoms with Crippen LogP contribution in [0, 0.1) is 0 Å². The van der Waals surface area contributed by atoms with E-state index in [1.807, 2.05) is 0 Å². The third kappa shape index (κ3) is 3.21. The molecule has 72 valence electrons. The van der Waals surface area contributed by atoms with Gasteiger partial charge in [0.25, 0.3) is 0 Å². The smallest absolute Gasteiger partial charge is 0.324 e. The van der Waals surface area contributed by atoms with Crippen LogP contribution in [0.4, 0.5) is 0 Å². The zero-order valence-corrected chi connectivity index (χ0v) is 8.35. The van der Waals surface area contributed by atoms with Gasteiger partial charge in [-0.2, -0.15) is 0 Å². The van der Waals surface area contributed by atoms with Crippen molar-refractivity contribution in [3.8, 4) is 0 Å². The Hall–Kier alpha value is -0.580. The van der Waals surface area contributed by atoms with E-state index in [0.717, 1.165) is 6.26 Å². The molecule has 4 nitrogen and oxygen atoms in total. The highest BCUT2D eigenvalue weighted by atomic mass is 32.2. The van der Waals surface area contributed by atoms with Gasteiger partial charge in [0.05, 0.1) is 6.61 Å². The summed E-state index contributed by atoms with van der Waals surface area (Å²) in [5, 5.41) is -1.00. The number of carbonyl (C=O) groups excluding carboxylic acids is 1. The molecule has 0 aliphatic rings. The van der Waals surface area contributed by atoms with Crippen molar-refractivity contribution in [2.75, 3.05) is 12.9 Å². The number of sulfone groups is 1. The predicted molar refractivity (Wildman–Crippen MR) is 45.6 cm³/mol. The summed E-state index contributed by atoms with van der Waals surface area (Å²) in [6.45, 7) is 3.50. The van der Waals surface area contributed by atoms with Crippen LogP contribution in [0.2, 0.25) is 0 Å². The summed E-state index contributed by atoms with van der Waals surface area (Å²) < 4.78 is 26.6. The Morgan fingerprint density at radius 3 is 2.17 bits per heavy atom. The molecule has 5 heteroatoms. The van der Waals surface area contributed by atoms with Crippen molar-refractivity contribution < 1.29 is 17.9 Å². The fourth-order valence-corrected chi connectivity index (χ4v) is 1.90. The van der Waals surface area contributed by atoms with Gasteiger partial charge in [-0.15, -0.1) is 0 Å². The summed E-state index contributed by atoms with van der Waals surface area (Å²) in [7, 11) is -3.31. The van der Waals surface area contributed by atoms with E-state index >= 15 is 0 Å². The van der Waals surface area contributed by atoms with E-state index in [1.54, 1.807) is 13.8 Å². The average Bonchev–Trinajstić information content (AvgIpc) is 1.85. The van der Waals surface area contributed by atoms with Crippen LogP contribution in [0.15, 0.2) is 0 Å². The third-order valence-corrected chi connectivity index (χ3v) is 3.00. The first-order chi connectivity index (χ1) is 5.43. The Balaban J connectivity index is 4.47. The Bertz CT molecular complexity index is 242. The molecule has 0 bridgehead atoms. The lowest BCUT2D eigenvalue weighted by molar-refractivity contribution is -0.142. The second-order valence-electron chi connectivity index (χ2n) is 2.48. The van der Waals surface area contributed by atoms with Crippen molar-refractivity contribution in [1.29, 1.82) is 0 Å². The van der Waals surface area contributed by atoms with Crippen molar-refractivity contribution >= 4 is 15.8 Å². The number of hydrogen-bond acceptors (Lipinski definition) is 4. The molecule has 0 N–H and O–H groups in total. The number of carbonyl (C=O) groups is 1. The molecule has 0 aromatic heterocycles. The van der Waals surface area contributed by atoms with Gasteiger partial charge in [-0.25, -0.2) is 8.42 Å². The molecule has 1 atom stereocenters. The minimum absolute atomic E-state index is 0.213. The summed E-state index contributed by atoms with van der Waals surface area (Å²) in [6, 6.07) is 0. The lowest BCUT2D eigenvalue weighted by Crippen LogP contribution is -2.30. The molecule has 0 aliphatic carbocycles. The first kappa shape index (κ1) is 11.4. The molecule has 0 spiro atoms. The lowest BCUT2D eigenvalue weighted by Gasteiger charge is -2.10. The highest BCUT2D eigenvalue weighted by Gasteiger charge is 2.27. The summed E-state index contributed by atoms with van der Waals surface area (Å²) in [4.78, 5) is 11.0. The van der Waals surface area contributed by atoms with Crippen LogP contribution in [0.1, 0.15) is 20.3 Å². The van der Waals surface area contributed by atoms with Gasteiger partial charge in [0.2, 0.25) is 0 Å². The molecule has 0 saturated carbocycles. The third-order valence-electron chi connectivity index (χ3n) is 1.44. The number of hydrogen-bond donors (Lipinski definition) is 0. The molecule has 12 heavy (non-hydrogen) atoms. The fourth-order valence-electron chi connectivity index (χ4n) is 0.879. The van der Waals surface area contributed by atoms with Gasteiger partial charge in [-0.05, 0) is 13.3 Å². The van der Waals surface area contributed by atoms with E-state index < -0.39 is 21.1 Å². The topological polar surface area (TPSA) is 60.4 Å². The fraction of sp³-hybridized carbons (Fsp3) is 0.857. The minimum atomic E-state index is -3.31. The van der Waals surface area contributed by atoms with Gasteiger partial charge in [-0.3, -0.25) is 4.79 Å². The van der Waals surface area contributed by atoms with E-state index in [0.29, 0.717) is 0 Å². The molecule has 0 saturated heterocycles. The van der Waals surface area contributed by atoms with E-state index in [-0.39, 0.29) is 13.0 Å². The van der Waals surface area contributed by atoms with Crippen molar-refractivity contribution in [1.82, 2.24) is 0 Å². The van der Waals surface area contributed by atoms with Crippen LogP contribution in [-0.2, 0) is 19.4 Å². The average molecular weight is 194 g/mol. The van der Waals surface area contributed by atoms with Crippen LogP contribution < -0.4 is 0 Å². The zero-order chi connectivity index (χ0) is 9.78. The molecule has 0 aromatic rings. The highest BCUT2D eigenvalue weighted by Crippen LogP contribution is 2.06. The van der Waals surface area contributed by atoms with Gasteiger partial charge in [0.15, 0.2) is 15.1 Å². The Kier molecular flexibility index (Phi) is 4.23. The van der Waals surface area contributed by atoms with Gasteiger partial charge >= 0.3 is 5.97 Å². The first-order valence-corrected chi connectivity index (χ1v) is 5.74. The SMILES string of the molecule is CCOC(=O)C(CC)S(C)(=O)=O. The summed E-state index contributed by atoms with van der Waals surface area (Å²) in [5.41, 5.74) is 0. The van der Waals surface area contributed by atoms with Crippen LogP contribution in [0.5, 0.6) is 0 Å². The molecule has 0 aromatic carbocycles. The van der Waals surface area contributed by atoms with Crippen LogP contribution in [0.3, 0.4) is 0 Å². The lowest BCUT2D eigenvalue weighted by atomic mass is 10.3. The van der Waals surface area contributed by atoms with E-state index in [2.05, 4.69) is 4.74 Å². The highest BCUT2D eigenvalue weighted by molar-refractivity contribution is 7.92. The van der Waals surface area contributed by atoms with Crippen LogP contribution in [-0.4, -0.2) is 32.5 Å². The van der Waals surface area contributed by atoms with E-state index in [4.69, 9.17) is 0 Å². The molecular formula is C7H14O4S. The quantitative estimate of drug-likeness (QED) is 0.607. The molecule has 0 radical (unpaired) electrons. The Morgan fingerprint density at radius 2 is 1.92 bits per heavy atom. The standard InChI is InChI=1S/C7H14O4S/c1-4-6(12(3,9)10)7(8)11-5-2/h6H,4-5H2,1-3H3. The summed E-state index contributed by atoms with van der Waals surface area (Å²) in [6.07, 6.45) is 1.30. The molecule has 0 fully saturated rings. The van der Waals surface area contributed by atoms with E-state index in [9.17, 15) is 13.2 Å². The van der Waals surface area contributed by atoms with Gasteiger partial charge in [-0.1, -0.05) is 6.92 Å². The van der Waals surface area contributed by atoms with Gasteiger partial charge < -0.3 is 4.74 Å². The first-order valence-electron chi connectivity index (χ1n) is 3.79. The Morgan fingerprint density at radius 1 is 1.42 bits per heavy atom. The Labute approximate surface area is 72.8 Å². The molecule has 0 rings (SSSR count). The van der Waals surface area contributed by atoms with Crippen LogP contribution in [0.25, 0.3) is 0 Å². The molecule has 1 unspecified atom stereocenters. The molecule has 0 heterocycles. The van der Waals surface area contributed by atoms with Crippen molar-refractivity contribution in [3.05, 3.63) is 0 Å². The number of ether oxygens (including phenoxy) is 1. The van der Waals surface area contributed by atoms with Crippen molar-refractivity contribution in [3.63, 3.8) is 0 Å². The second kappa shape index (κ2) is 4.45. The number of esters is 1. The van der Waals surface area contributed by atoms with Gasteiger partial charge in [0, 0.05) is 6.26 Å². The maximum absolute atomic E-state index is 11.0. The zero-order valence-electron chi connectivity index (χ0n) is 7.53. The largest absolute Gasteiger partial charge is 0.465 e. The predicted octanol–water partition coefficient (Wildman–Crippen LogP) is 0.373. The number of rotatable bonds is 4. The minimum Gasteiger partial charge on any atom is -0.465 e. The monoisotopic (exact) mass is 194 g/mol. The molecular weight excluding hydrogens is 180 g/mol. The molecule has 0 amide bonds. The van der Waals surface area contributed by atoms with Gasteiger partial charge in [0.1, 0.15) is 0 Å². The van der Waals surface area contributed by atoms with Crippen molar-refractivity contribution in [2.24, 2.45) is 0 Å². The normalized spacial score (nSPS) is 13.9. The van der Waals surface area contributed by atoms with Crippen molar-refractivity contribution in [2.45, 2.75) is 25.5 Å². The maximum Gasteiger partial charge on any atom is 0.324 e. The van der Waals surface area contributed by atoms with Crippen LogP contribution >= 0.6 is 0 Å². The summed E-state index contributed by atoms with van der Waals surface area (Å²) in [5.74, 6) is -0.650. The maximum atomic E-state index is 11.0. The molecule has 0 aliphatic heterocycles. The van der Waals surface area contributed by atoms with E-state index in [1.165, 1.54) is 0 Å².